The van der Waals surface area contributed by atoms with Crippen molar-refractivity contribution in [3.05, 3.63) is 101 Å². The molecule has 0 fully saturated rings. The Morgan fingerprint density at radius 3 is 2.05 bits per heavy atom. The van der Waals surface area contributed by atoms with Gasteiger partial charge in [-0.25, -0.2) is 4.79 Å². The van der Waals surface area contributed by atoms with Crippen molar-refractivity contribution >= 4 is 28.2 Å². The Morgan fingerprint density at radius 2 is 1.41 bits per heavy atom. The van der Waals surface area contributed by atoms with Gasteiger partial charge in [-0.1, -0.05) is 68.4 Å². The van der Waals surface area contributed by atoms with Crippen molar-refractivity contribution in [1.82, 2.24) is 0 Å². The molecule has 1 amide bonds. The van der Waals surface area contributed by atoms with Crippen LogP contribution in [0.15, 0.2) is 84.2 Å². The lowest BCUT2D eigenvalue weighted by Crippen LogP contribution is -2.21. The summed E-state index contributed by atoms with van der Waals surface area (Å²) in [6, 6.07) is 25.5. The van der Waals surface area contributed by atoms with Crippen LogP contribution in [0.3, 0.4) is 0 Å². The number of hydrogen-bond donors (Lipinski definition) is 1. The summed E-state index contributed by atoms with van der Waals surface area (Å²) in [7, 11) is 0. The molecule has 0 atom stereocenters. The van der Waals surface area contributed by atoms with Crippen LogP contribution in [0, 0.1) is 0 Å². The van der Waals surface area contributed by atoms with Crippen molar-refractivity contribution in [3.8, 4) is 22.6 Å². The van der Waals surface area contributed by atoms with Gasteiger partial charge in [0.1, 0.15) is 22.1 Å². The van der Waals surface area contributed by atoms with E-state index in [2.05, 4.69) is 31.3 Å². The van der Waals surface area contributed by atoms with Crippen molar-refractivity contribution in [2.24, 2.45) is 0 Å². The fourth-order valence-electron chi connectivity index (χ4n) is 4.27. The van der Waals surface area contributed by atoms with Gasteiger partial charge in [-0.3, -0.25) is 4.79 Å². The van der Waals surface area contributed by atoms with E-state index in [0.29, 0.717) is 28.5 Å². The zero-order valence-electron chi connectivity index (χ0n) is 22.7. The molecule has 0 aliphatic carbocycles. The summed E-state index contributed by atoms with van der Waals surface area (Å²) in [5, 5.41) is 5.09. The number of nitrogens with one attached hydrogen (secondary N) is 1. The van der Waals surface area contributed by atoms with Crippen LogP contribution in [0.2, 0.25) is 0 Å². The molecular formula is C32H33NO5S. The molecule has 7 heteroatoms. The van der Waals surface area contributed by atoms with E-state index in [9.17, 15) is 9.59 Å². The first-order valence-corrected chi connectivity index (χ1v) is 13.8. The highest BCUT2D eigenvalue weighted by atomic mass is 32.1. The molecular weight excluding hydrogens is 510 g/mol. The van der Waals surface area contributed by atoms with Crippen molar-refractivity contribution in [1.29, 1.82) is 0 Å². The largest absolute Gasteiger partial charge is 0.494 e. The van der Waals surface area contributed by atoms with Gasteiger partial charge in [0.2, 0.25) is 0 Å². The highest BCUT2D eigenvalue weighted by Gasteiger charge is 2.24. The minimum atomic E-state index is -0.490. The molecule has 6 nitrogen and oxygen atoms in total. The Bertz CT molecular complexity index is 1390. The van der Waals surface area contributed by atoms with Crippen LogP contribution < -0.4 is 14.8 Å². The van der Waals surface area contributed by atoms with E-state index in [1.54, 1.807) is 6.92 Å². The molecule has 0 aliphatic rings. The van der Waals surface area contributed by atoms with E-state index < -0.39 is 5.97 Å². The minimum absolute atomic E-state index is 0.166. The quantitative estimate of drug-likeness (QED) is 0.201. The van der Waals surface area contributed by atoms with Crippen LogP contribution in [-0.4, -0.2) is 31.7 Å². The first-order valence-electron chi connectivity index (χ1n) is 12.9. The third-order valence-electron chi connectivity index (χ3n) is 6.44. The smallest absolute Gasteiger partial charge is 0.341 e. The Kier molecular flexibility index (Phi) is 9.04. The van der Waals surface area contributed by atoms with E-state index in [1.807, 2.05) is 79.0 Å². The number of amides is 1. The van der Waals surface area contributed by atoms with Gasteiger partial charge in [0.05, 0.1) is 13.2 Å². The molecule has 39 heavy (non-hydrogen) atoms. The van der Waals surface area contributed by atoms with Crippen LogP contribution in [0.4, 0.5) is 5.00 Å². The van der Waals surface area contributed by atoms with E-state index in [4.69, 9.17) is 14.2 Å². The predicted octanol–water partition coefficient (Wildman–Crippen LogP) is 7.33. The molecule has 0 saturated carbocycles. The zero-order valence-corrected chi connectivity index (χ0v) is 23.5. The standard InChI is InChI=1S/C32H33NO5S/c1-5-36-25-16-12-22(13-17-25)27-21-39-30(29(27)31(35)37-6-2)33-28(34)20-38-26-18-14-24(15-19-26)32(3,4)23-10-8-7-9-11-23/h7-19,21H,5-6,20H2,1-4H3,(H,33,34). The fraction of sp³-hybridized carbons (Fsp3) is 0.250. The lowest BCUT2D eigenvalue weighted by molar-refractivity contribution is -0.118. The monoisotopic (exact) mass is 543 g/mol. The third kappa shape index (κ3) is 6.67. The van der Waals surface area contributed by atoms with Crippen molar-refractivity contribution in [2.75, 3.05) is 25.1 Å². The molecule has 1 heterocycles. The van der Waals surface area contributed by atoms with Gasteiger partial charge in [-0.2, -0.15) is 0 Å². The van der Waals surface area contributed by atoms with E-state index >= 15 is 0 Å². The lowest BCUT2D eigenvalue weighted by atomic mass is 9.78. The minimum Gasteiger partial charge on any atom is -0.494 e. The molecule has 1 aromatic heterocycles. The van der Waals surface area contributed by atoms with Crippen LogP contribution in [-0.2, 0) is 14.9 Å². The first kappa shape index (κ1) is 27.9. The summed E-state index contributed by atoms with van der Waals surface area (Å²) in [5.41, 5.74) is 4.04. The van der Waals surface area contributed by atoms with Gasteiger partial charge in [0, 0.05) is 16.4 Å². The van der Waals surface area contributed by atoms with Crippen molar-refractivity contribution in [2.45, 2.75) is 33.1 Å². The van der Waals surface area contributed by atoms with Crippen molar-refractivity contribution < 1.29 is 23.8 Å². The second kappa shape index (κ2) is 12.6. The SMILES string of the molecule is CCOC(=O)c1c(-c2ccc(OCC)cc2)csc1NC(=O)COc1ccc(C(C)(C)c2ccccc2)cc1. The number of esters is 1. The average molecular weight is 544 g/mol. The lowest BCUT2D eigenvalue weighted by Gasteiger charge is -2.26. The highest BCUT2D eigenvalue weighted by molar-refractivity contribution is 7.15. The van der Waals surface area contributed by atoms with Crippen LogP contribution in [0.1, 0.15) is 49.2 Å². The predicted molar refractivity (Wildman–Crippen MR) is 156 cm³/mol. The number of ether oxygens (including phenoxy) is 3. The maximum atomic E-state index is 12.8. The van der Waals surface area contributed by atoms with Gasteiger partial charge in [0.15, 0.2) is 6.61 Å². The van der Waals surface area contributed by atoms with Gasteiger partial charge in [0.25, 0.3) is 5.91 Å². The topological polar surface area (TPSA) is 73.9 Å². The number of benzene rings is 3. The molecule has 202 valence electrons. The maximum Gasteiger partial charge on any atom is 0.341 e. The van der Waals surface area contributed by atoms with E-state index in [1.165, 1.54) is 16.9 Å². The molecule has 0 radical (unpaired) electrons. The molecule has 0 spiro atoms. The number of carbonyl (C=O) groups is 2. The Hall–Kier alpha value is -4.10. The molecule has 4 aromatic rings. The molecule has 3 aromatic carbocycles. The Morgan fingerprint density at radius 1 is 0.795 bits per heavy atom. The zero-order chi connectivity index (χ0) is 27.8. The van der Waals surface area contributed by atoms with Crippen LogP contribution in [0.25, 0.3) is 11.1 Å². The summed E-state index contributed by atoms with van der Waals surface area (Å²) >= 11 is 1.27. The highest BCUT2D eigenvalue weighted by Crippen LogP contribution is 2.37. The number of carbonyl (C=O) groups excluding carboxylic acids is 2. The van der Waals surface area contributed by atoms with Gasteiger partial charge < -0.3 is 19.5 Å². The molecule has 0 saturated heterocycles. The molecule has 0 unspecified atom stereocenters. The van der Waals surface area contributed by atoms with E-state index in [-0.39, 0.29) is 24.5 Å². The summed E-state index contributed by atoms with van der Waals surface area (Å²) in [6.45, 7) is 8.63. The van der Waals surface area contributed by atoms with E-state index in [0.717, 1.165) is 16.9 Å². The number of hydrogen-bond acceptors (Lipinski definition) is 6. The van der Waals surface area contributed by atoms with Crippen LogP contribution in [0.5, 0.6) is 11.5 Å². The summed E-state index contributed by atoms with van der Waals surface area (Å²) in [4.78, 5) is 25.6. The fourth-order valence-corrected chi connectivity index (χ4v) is 5.24. The van der Waals surface area contributed by atoms with Gasteiger partial charge in [-0.15, -0.1) is 11.3 Å². The normalized spacial score (nSPS) is 11.1. The third-order valence-corrected chi connectivity index (χ3v) is 7.34. The number of rotatable bonds is 11. The molecule has 0 aliphatic heterocycles. The second-order valence-corrected chi connectivity index (χ2v) is 10.3. The number of thiophene rings is 1. The average Bonchev–Trinajstić information content (AvgIpc) is 3.37. The van der Waals surface area contributed by atoms with Gasteiger partial charge in [-0.05, 0) is 54.8 Å². The summed E-state index contributed by atoms with van der Waals surface area (Å²) < 4.78 is 16.6. The van der Waals surface area contributed by atoms with Crippen LogP contribution >= 0.6 is 11.3 Å². The first-order chi connectivity index (χ1) is 18.8. The second-order valence-electron chi connectivity index (χ2n) is 9.38. The van der Waals surface area contributed by atoms with Gasteiger partial charge >= 0.3 is 5.97 Å². The Balaban J connectivity index is 1.44. The molecule has 1 N–H and O–H groups in total. The van der Waals surface area contributed by atoms with Crippen molar-refractivity contribution in [3.63, 3.8) is 0 Å². The summed E-state index contributed by atoms with van der Waals surface area (Å²) in [6.07, 6.45) is 0. The summed E-state index contributed by atoms with van der Waals surface area (Å²) in [5.74, 6) is 0.478. The Labute approximate surface area is 233 Å². The molecule has 0 bridgehead atoms. The number of anilines is 1. The maximum absolute atomic E-state index is 12.8. The molecule has 4 rings (SSSR count).